The van der Waals surface area contributed by atoms with Crippen molar-refractivity contribution < 1.29 is 9.78 Å². The number of amides is 1. The summed E-state index contributed by atoms with van der Waals surface area (Å²) in [5, 5.41) is 10.1. The van der Waals surface area contributed by atoms with Crippen LogP contribution in [0.5, 0.6) is 0 Å². The molecule has 0 aliphatic heterocycles. The summed E-state index contributed by atoms with van der Waals surface area (Å²) in [6.07, 6.45) is 1.55. The molecule has 118 valence electrons. The Morgan fingerprint density at radius 1 is 1.35 bits per heavy atom. The van der Waals surface area contributed by atoms with Crippen molar-refractivity contribution in [3.63, 3.8) is 0 Å². The first-order valence-electron chi connectivity index (χ1n) is 7.63. The van der Waals surface area contributed by atoms with Gasteiger partial charge in [0.15, 0.2) is 0 Å². The number of rotatable bonds is 5. The lowest BCUT2D eigenvalue weighted by molar-refractivity contribution is -0.330. The molecule has 0 aliphatic rings. The third kappa shape index (κ3) is 3.49. The van der Waals surface area contributed by atoms with Gasteiger partial charge in [0.25, 0.3) is 11.7 Å². The molecule has 1 heterocycles. The van der Waals surface area contributed by atoms with E-state index in [0.717, 1.165) is 40.9 Å². The summed E-state index contributed by atoms with van der Waals surface area (Å²) in [6, 6.07) is 9.96. The zero-order chi connectivity index (χ0) is 17.0. The number of primary amides is 1. The van der Waals surface area contributed by atoms with Crippen LogP contribution in [0.1, 0.15) is 25.0 Å². The van der Waals surface area contributed by atoms with Crippen molar-refractivity contribution in [2.24, 2.45) is 5.73 Å². The number of anilines is 1. The Morgan fingerprint density at radius 2 is 2.04 bits per heavy atom. The van der Waals surface area contributed by atoms with Crippen LogP contribution >= 0.6 is 0 Å². The minimum atomic E-state index is -0.720. The Morgan fingerprint density at radius 3 is 2.61 bits per heavy atom. The molecule has 0 saturated carbocycles. The van der Waals surface area contributed by atoms with Crippen LogP contribution in [0, 0.1) is 18.3 Å². The van der Waals surface area contributed by atoms with Crippen molar-refractivity contribution in [1.82, 2.24) is 0 Å². The molecule has 5 heteroatoms. The van der Waals surface area contributed by atoms with Gasteiger partial charge in [0.2, 0.25) is 0 Å². The Kier molecular flexibility index (Phi) is 4.97. The van der Waals surface area contributed by atoms with E-state index in [0.29, 0.717) is 0 Å². The molecule has 3 N–H and O–H groups in total. The lowest BCUT2D eigenvalue weighted by atomic mass is 10.1. The van der Waals surface area contributed by atoms with Gasteiger partial charge < -0.3 is 5.73 Å². The van der Waals surface area contributed by atoms with Crippen LogP contribution in [-0.2, 0) is 4.79 Å². The van der Waals surface area contributed by atoms with E-state index in [9.17, 15) is 4.79 Å². The van der Waals surface area contributed by atoms with Gasteiger partial charge in [-0.05, 0) is 44.5 Å². The van der Waals surface area contributed by atoms with Gasteiger partial charge in [0.1, 0.15) is 17.2 Å². The van der Waals surface area contributed by atoms with Gasteiger partial charge in [-0.3, -0.25) is 9.69 Å². The third-order valence-electron chi connectivity index (χ3n) is 3.81. The number of aromatic nitrogens is 1. The Bertz CT molecular complexity index is 814. The third-order valence-corrected chi connectivity index (χ3v) is 3.81. The number of H-pyrrole nitrogens is 1. The van der Waals surface area contributed by atoms with Gasteiger partial charge in [-0.25, -0.2) is 4.98 Å². The summed E-state index contributed by atoms with van der Waals surface area (Å²) in [7, 11) is 0. The molecule has 0 aliphatic carbocycles. The molecule has 0 atom stereocenters. The van der Waals surface area contributed by atoms with E-state index >= 15 is 0 Å². The van der Waals surface area contributed by atoms with Crippen molar-refractivity contribution in [3.8, 4) is 6.07 Å². The topological polar surface area (TPSA) is 84.3 Å². The van der Waals surface area contributed by atoms with Crippen LogP contribution in [-0.4, -0.2) is 19.0 Å². The van der Waals surface area contributed by atoms with Crippen molar-refractivity contribution in [3.05, 3.63) is 41.0 Å². The molecule has 0 bridgehead atoms. The molecule has 1 aromatic heterocycles. The quantitative estimate of drug-likeness (QED) is 0.679. The normalized spacial score (nSPS) is 11.3. The predicted molar refractivity (Wildman–Crippen MR) is 91.6 cm³/mol. The van der Waals surface area contributed by atoms with E-state index < -0.39 is 5.91 Å². The molecule has 1 aromatic carbocycles. The molecule has 0 unspecified atom stereocenters. The first kappa shape index (κ1) is 16.5. The molecule has 0 spiro atoms. The van der Waals surface area contributed by atoms with Crippen LogP contribution in [0.2, 0.25) is 0 Å². The summed E-state index contributed by atoms with van der Waals surface area (Å²) in [6.45, 7) is 7.78. The molecule has 0 saturated heterocycles. The maximum atomic E-state index is 11.4. The number of carbonyl (C=O) groups excluding carboxylic acids is 1. The van der Waals surface area contributed by atoms with Gasteiger partial charge in [-0.15, -0.1) is 0 Å². The Balaban J connectivity index is 2.74. The lowest BCUT2D eigenvalue weighted by Crippen LogP contribution is -2.30. The fourth-order valence-corrected chi connectivity index (χ4v) is 2.57. The van der Waals surface area contributed by atoms with Gasteiger partial charge >= 0.3 is 0 Å². The van der Waals surface area contributed by atoms with E-state index in [-0.39, 0.29) is 5.57 Å². The fourth-order valence-electron chi connectivity index (χ4n) is 2.57. The molecule has 2 aromatic rings. The molecule has 0 radical (unpaired) electrons. The molecule has 2 rings (SSSR count). The number of hydrogen-bond acceptors (Lipinski definition) is 3. The lowest BCUT2D eigenvalue weighted by Gasteiger charge is -2.15. The number of fused-ring (bicyclic) bond motifs is 1. The SMILES string of the molecule is CCN(CC)c1[nH+]c2cc(C)ccc2cc1/C=C(\C#N)C(N)=O. The standard InChI is InChI=1S/C18H20N4O/c1-4-22(5-2)18-14(10-15(11-19)17(20)23)9-13-7-6-12(3)8-16(13)21-18/h6-10H,4-5H2,1-3H3,(H2,20,23)/p+1/b15-10+. The summed E-state index contributed by atoms with van der Waals surface area (Å²) in [5.74, 6) is 0.157. The molecule has 23 heavy (non-hydrogen) atoms. The van der Waals surface area contributed by atoms with Crippen LogP contribution in [0.4, 0.5) is 5.82 Å². The summed E-state index contributed by atoms with van der Waals surface area (Å²) in [4.78, 5) is 16.9. The minimum Gasteiger partial charge on any atom is -0.365 e. The van der Waals surface area contributed by atoms with Crippen LogP contribution in [0.25, 0.3) is 17.0 Å². The fraction of sp³-hybridized carbons (Fsp3) is 0.278. The number of aromatic amines is 1. The van der Waals surface area contributed by atoms with Crippen molar-refractivity contribution in [2.75, 3.05) is 18.0 Å². The highest BCUT2D eigenvalue weighted by Gasteiger charge is 2.19. The molecular weight excluding hydrogens is 288 g/mol. The summed E-state index contributed by atoms with van der Waals surface area (Å²) >= 11 is 0. The largest absolute Gasteiger partial charge is 0.365 e. The smallest absolute Gasteiger partial charge is 0.282 e. The van der Waals surface area contributed by atoms with E-state index in [4.69, 9.17) is 11.0 Å². The van der Waals surface area contributed by atoms with Crippen LogP contribution in [0.15, 0.2) is 29.8 Å². The monoisotopic (exact) mass is 309 g/mol. The Labute approximate surface area is 136 Å². The van der Waals surface area contributed by atoms with Crippen molar-refractivity contribution >= 4 is 28.7 Å². The minimum absolute atomic E-state index is 0.0572. The average molecular weight is 309 g/mol. The predicted octanol–water partition coefficient (Wildman–Crippen LogP) is 2.20. The molecule has 0 fully saturated rings. The maximum Gasteiger partial charge on any atom is 0.282 e. The highest BCUT2D eigenvalue weighted by Crippen LogP contribution is 2.23. The van der Waals surface area contributed by atoms with Crippen LogP contribution in [0.3, 0.4) is 0 Å². The van der Waals surface area contributed by atoms with E-state index in [1.807, 2.05) is 31.2 Å². The number of carbonyl (C=O) groups is 1. The second-order valence-corrected chi connectivity index (χ2v) is 5.37. The van der Waals surface area contributed by atoms with E-state index in [1.165, 1.54) is 0 Å². The number of aryl methyl sites for hydroxylation is 1. The highest BCUT2D eigenvalue weighted by molar-refractivity contribution is 6.01. The van der Waals surface area contributed by atoms with Gasteiger partial charge in [0.05, 0.1) is 18.7 Å². The second-order valence-electron chi connectivity index (χ2n) is 5.37. The number of pyridine rings is 1. The number of nitrogens with two attached hydrogens (primary N) is 1. The zero-order valence-electron chi connectivity index (χ0n) is 13.7. The van der Waals surface area contributed by atoms with Gasteiger partial charge in [0, 0.05) is 5.39 Å². The second kappa shape index (κ2) is 6.93. The molecular formula is C18H21N4O+. The summed E-state index contributed by atoms with van der Waals surface area (Å²) in [5.41, 5.74) is 8.17. The van der Waals surface area contributed by atoms with Crippen LogP contribution < -0.4 is 15.6 Å². The average Bonchev–Trinajstić information content (AvgIpc) is 2.53. The number of nitrogens with one attached hydrogen (secondary N) is 1. The zero-order valence-corrected chi connectivity index (χ0v) is 13.7. The molecule has 5 nitrogen and oxygen atoms in total. The van der Waals surface area contributed by atoms with Crippen molar-refractivity contribution in [2.45, 2.75) is 20.8 Å². The first-order valence-corrected chi connectivity index (χ1v) is 7.63. The summed E-state index contributed by atoms with van der Waals surface area (Å²) < 4.78 is 0. The van der Waals surface area contributed by atoms with Crippen molar-refractivity contribution in [1.29, 1.82) is 5.26 Å². The highest BCUT2D eigenvalue weighted by atomic mass is 16.1. The maximum absolute atomic E-state index is 11.4. The van der Waals surface area contributed by atoms with E-state index in [2.05, 4.69) is 29.8 Å². The first-order chi connectivity index (χ1) is 11.0. The number of benzene rings is 1. The molecule has 1 amide bonds. The van der Waals surface area contributed by atoms with Gasteiger partial charge in [-0.1, -0.05) is 12.1 Å². The number of nitriles is 1. The number of hydrogen-bond donors (Lipinski definition) is 1. The van der Waals surface area contributed by atoms with E-state index in [1.54, 1.807) is 6.08 Å². The van der Waals surface area contributed by atoms with Gasteiger partial charge in [-0.2, -0.15) is 5.26 Å². The Hall–Kier alpha value is -2.87. The number of nitrogens with zero attached hydrogens (tertiary/aromatic N) is 2.